The third-order valence-corrected chi connectivity index (χ3v) is 4.27. The normalized spacial score (nSPS) is 13.3. The lowest BCUT2D eigenvalue weighted by molar-refractivity contribution is -0.198. The molecule has 1 rings (SSSR count). The van der Waals surface area contributed by atoms with Crippen molar-refractivity contribution in [3.05, 3.63) is 0 Å². The molecule has 0 radical (unpaired) electrons. The van der Waals surface area contributed by atoms with Crippen LogP contribution >= 0.6 is 0 Å². The second-order valence-electron chi connectivity index (χ2n) is 6.86. The number of carbonyl (C=O) groups excluding carboxylic acids is 5. The van der Waals surface area contributed by atoms with Crippen molar-refractivity contribution >= 4 is 30.1 Å². The van der Waals surface area contributed by atoms with Gasteiger partial charge in [0.05, 0.1) is 46.1 Å². The molecule has 4 amide bonds. The summed E-state index contributed by atoms with van der Waals surface area (Å²) >= 11 is 0. The molecule has 12 heteroatoms. The summed E-state index contributed by atoms with van der Waals surface area (Å²) in [7, 11) is 0. The van der Waals surface area contributed by atoms with Crippen molar-refractivity contribution in [2.45, 2.75) is 44.9 Å². The number of rotatable bonds is 20. The fourth-order valence-electron chi connectivity index (χ4n) is 2.60. The number of carbonyl (C=O) groups is 5. The van der Waals surface area contributed by atoms with E-state index in [0.29, 0.717) is 57.4 Å². The van der Waals surface area contributed by atoms with Gasteiger partial charge < -0.3 is 29.7 Å². The first-order chi connectivity index (χ1) is 15.5. The second kappa shape index (κ2) is 18.0. The number of amides is 4. The molecular formula is C20H33N3O9. The number of hydrogen-bond acceptors (Lipinski definition) is 9. The molecule has 0 saturated carbocycles. The highest BCUT2D eigenvalue weighted by Crippen LogP contribution is 2.12. The average molecular weight is 459 g/mol. The van der Waals surface area contributed by atoms with Crippen LogP contribution in [0.25, 0.3) is 0 Å². The molecular weight excluding hydrogens is 426 g/mol. The van der Waals surface area contributed by atoms with Gasteiger partial charge in [0.15, 0.2) is 0 Å². The van der Waals surface area contributed by atoms with Crippen molar-refractivity contribution in [2.24, 2.45) is 0 Å². The molecule has 0 aliphatic carbocycles. The summed E-state index contributed by atoms with van der Waals surface area (Å²) in [6.45, 7) is 2.88. The molecule has 0 aromatic carbocycles. The molecule has 0 atom stereocenters. The molecule has 1 heterocycles. The van der Waals surface area contributed by atoms with Gasteiger partial charge >= 0.3 is 5.97 Å². The van der Waals surface area contributed by atoms with E-state index in [2.05, 4.69) is 10.6 Å². The van der Waals surface area contributed by atoms with Gasteiger partial charge in [-0.05, 0) is 12.8 Å². The molecule has 1 aliphatic heterocycles. The zero-order valence-electron chi connectivity index (χ0n) is 18.3. The van der Waals surface area contributed by atoms with Crippen LogP contribution in [0, 0.1) is 0 Å². The molecule has 0 unspecified atom stereocenters. The fourth-order valence-corrected chi connectivity index (χ4v) is 2.60. The predicted octanol–water partition coefficient (Wildman–Crippen LogP) is -0.544. The number of imide groups is 1. The van der Waals surface area contributed by atoms with E-state index in [4.69, 9.17) is 19.0 Å². The number of nitrogens with one attached hydrogen (secondary N) is 2. The summed E-state index contributed by atoms with van der Waals surface area (Å²) in [6.07, 6.45) is 3.68. The molecule has 1 saturated heterocycles. The van der Waals surface area contributed by atoms with Gasteiger partial charge in [-0.25, -0.2) is 4.79 Å². The highest BCUT2D eigenvalue weighted by Gasteiger charge is 2.32. The molecule has 2 N–H and O–H groups in total. The number of hydrogen-bond donors (Lipinski definition) is 2. The highest BCUT2D eigenvalue weighted by atomic mass is 16.7. The van der Waals surface area contributed by atoms with Crippen molar-refractivity contribution in [3.8, 4) is 0 Å². The van der Waals surface area contributed by atoms with Crippen LogP contribution in [0.3, 0.4) is 0 Å². The first-order valence-electron chi connectivity index (χ1n) is 10.8. The minimum Gasteiger partial charge on any atom is -0.378 e. The highest BCUT2D eigenvalue weighted by molar-refractivity contribution is 6.01. The zero-order valence-corrected chi connectivity index (χ0v) is 18.3. The van der Waals surface area contributed by atoms with E-state index in [-0.39, 0.29) is 38.4 Å². The van der Waals surface area contributed by atoms with Gasteiger partial charge in [-0.2, -0.15) is 0 Å². The van der Waals surface area contributed by atoms with Crippen molar-refractivity contribution in [3.63, 3.8) is 0 Å². The molecule has 32 heavy (non-hydrogen) atoms. The maximum atomic E-state index is 11.6. The topological polar surface area (TPSA) is 150 Å². The maximum absolute atomic E-state index is 11.6. The smallest absolute Gasteiger partial charge is 0.335 e. The third kappa shape index (κ3) is 13.7. The minimum absolute atomic E-state index is 0.0205. The van der Waals surface area contributed by atoms with Gasteiger partial charge in [0.25, 0.3) is 11.8 Å². The summed E-state index contributed by atoms with van der Waals surface area (Å²) in [5.74, 6) is -1.76. The minimum atomic E-state index is -0.707. The van der Waals surface area contributed by atoms with Crippen LogP contribution in [0.2, 0.25) is 0 Å². The molecule has 0 spiro atoms. The Hall–Kier alpha value is -2.57. The van der Waals surface area contributed by atoms with E-state index >= 15 is 0 Å². The maximum Gasteiger partial charge on any atom is 0.335 e. The average Bonchev–Trinajstić information content (AvgIpc) is 3.08. The number of unbranched alkanes of at least 4 members (excludes halogenated alkanes) is 2. The van der Waals surface area contributed by atoms with E-state index in [1.807, 2.05) is 0 Å². The quantitative estimate of drug-likeness (QED) is 0.139. The van der Waals surface area contributed by atoms with Crippen LogP contribution in [0.15, 0.2) is 0 Å². The molecule has 1 fully saturated rings. The lowest BCUT2D eigenvalue weighted by Gasteiger charge is -2.12. The number of hydroxylamine groups is 2. The predicted molar refractivity (Wildman–Crippen MR) is 110 cm³/mol. The Kier molecular flexibility index (Phi) is 15.5. The first kappa shape index (κ1) is 27.5. The van der Waals surface area contributed by atoms with E-state index in [1.165, 1.54) is 0 Å². The van der Waals surface area contributed by atoms with Crippen LogP contribution in [-0.4, -0.2) is 87.9 Å². The number of nitrogens with zero attached hydrogens (tertiary/aromatic N) is 1. The summed E-state index contributed by atoms with van der Waals surface area (Å²) in [4.78, 5) is 60.6. The van der Waals surface area contributed by atoms with Gasteiger partial charge in [0.1, 0.15) is 0 Å². The van der Waals surface area contributed by atoms with Crippen LogP contribution in [0.5, 0.6) is 0 Å². The van der Waals surface area contributed by atoms with Crippen molar-refractivity contribution in [1.29, 1.82) is 0 Å². The third-order valence-electron chi connectivity index (χ3n) is 4.27. The molecule has 1 aliphatic rings. The number of ether oxygens (including phenoxy) is 3. The van der Waals surface area contributed by atoms with E-state index in [1.54, 1.807) is 0 Å². The standard InChI is InChI=1S/C20H33N3O9/c24-16-21-8-3-1-2-4-17(25)22-9-11-30-13-15-31-14-12-29-10-7-20(28)32-23-18(26)5-6-19(23)27/h16H,1-15H2,(H,21,24)(H,22,25). The Bertz CT molecular complexity index is 585. The summed E-state index contributed by atoms with van der Waals surface area (Å²) in [6, 6.07) is 0. The van der Waals surface area contributed by atoms with E-state index < -0.39 is 17.8 Å². The summed E-state index contributed by atoms with van der Waals surface area (Å²) in [5.41, 5.74) is 0. The van der Waals surface area contributed by atoms with Crippen LogP contribution in [0.1, 0.15) is 44.9 Å². The Labute approximate surface area is 187 Å². The fraction of sp³-hybridized carbons (Fsp3) is 0.750. The van der Waals surface area contributed by atoms with E-state index in [9.17, 15) is 24.0 Å². The van der Waals surface area contributed by atoms with Gasteiger partial charge in [0, 0.05) is 32.4 Å². The lowest BCUT2D eigenvalue weighted by atomic mass is 10.2. The Balaban J connectivity index is 1.81. The Morgan fingerprint density at radius 3 is 2.09 bits per heavy atom. The first-order valence-corrected chi connectivity index (χ1v) is 10.8. The van der Waals surface area contributed by atoms with Crippen molar-refractivity contribution < 1.29 is 43.0 Å². The molecule has 182 valence electrons. The van der Waals surface area contributed by atoms with Crippen molar-refractivity contribution in [1.82, 2.24) is 15.7 Å². The van der Waals surface area contributed by atoms with Crippen LogP contribution in [0.4, 0.5) is 0 Å². The monoisotopic (exact) mass is 459 g/mol. The van der Waals surface area contributed by atoms with Crippen LogP contribution in [-0.2, 0) is 43.0 Å². The molecule has 0 bridgehead atoms. The second-order valence-corrected chi connectivity index (χ2v) is 6.86. The SMILES string of the molecule is O=CNCCCCCC(=O)NCCOCCOCCOCCC(=O)ON1C(=O)CCC1=O. The van der Waals surface area contributed by atoms with Gasteiger partial charge in [-0.15, -0.1) is 5.06 Å². The van der Waals surface area contributed by atoms with E-state index in [0.717, 1.165) is 19.3 Å². The Morgan fingerprint density at radius 1 is 0.812 bits per heavy atom. The van der Waals surface area contributed by atoms with Gasteiger partial charge in [-0.1, -0.05) is 6.42 Å². The largest absolute Gasteiger partial charge is 0.378 e. The summed E-state index contributed by atoms with van der Waals surface area (Å²) < 4.78 is 15.9. The zero-order chi connectivity index (χ0) is 23.4. The summed E-state index contributed by atoms with van der Waals surface area (Å²) in [5, 5.41) is 5.86. The lowest BCUT2D eigenvalue weighted by Crippen LogP contribution is -2.32. The van der Waals surface area contributed by atoms with Gasteiger partial charge in [-0.3, -0.25) is 19.2 Å². The van der Waals surface area contributed by atoms with Gasteiger partial charge in [0.2, 0.25) is 12.3 Å². The molecule has 0 aromatic heterocycles. The Morgan fingerprint density at radius 2 is 1.44 bits per heavy atom. The van der Waals surface area contributed by atoms with Crippen molar-refractivity contribution in [2.75, 3.05) is 52.7 Å². The van der Waals surface area contributed by atoms with Crippen LogP contribution < -0.4 is 10.6 Å². The molecule has 12 nitrogen and oxygen atoms in total. The molecule has 0 aromatic rings.